The summed E-state index contributed by atoms with van der Waals surface area (Å²) in [6.07, 6.45) is 1.70. The molecule has 1 aromatic carbocycles. The fraction of sp³-hybridized carbons (Fsp3) is 0.556. The van der Waals surface area contributed by atoms with Crippen LogP contribution in [0.5, 0.6) is 0 Å². The smallest absolute Gasteiger partial charge is 0.410 e. The van der Waals surface area contributed by atoms with Crippen LogP contribution in [0.3, 0.4) is 0 Å². The average Bonchev–Trinajstić information content (AvgIpc) is 2.51. The van der Waals surface area contributed by atoms with Gasteiger partial charge in [0.15, 0.2) is 0 Å². The van der Waals surface area contributed by atoms with E-state index < -0.39 is 5.60 Å². The van der Waals surface area contributed by atoms with Crippen LogP contribution in [0.15, 0.2) is 35.3 Å². The fourth-order valence-electron chi connectivity index (χ4n) is 2.39. The first kappa shape index (κ1) is 17.5. The number of piperazine rings is 1. The molecule has 1 saturated heterocycles. The summed E-state index contributed by atoms with van der Waals surface area (Å²) < 4.78 is 5.40. The minimum Gasteiger partial charge on any atom is -0.444 e. The summed E-state index contributed by atoms with van der Waals surface area (Å²) in [4.78, 5) is 20.6. The van der Waals surface area contributed by atoms with E-state index in [9.17, 15) is 4.79 Å². The number of benzene rings is 1. The van der Waals surface area contributed by atoms with E-state index in [2.05, 4.69) is 9.89 Å². The lowest BCUT2D eigenvalue weighted by Gasteiger charge is -2.35. The monoisotopic (exact) mass is 317 g/mol. The van der Waals surface area contributed by atoms with Crippen LogP contribution in [0.25, 0.3) is 0 Å². The molecule has 126 valence electrons. The first-order valence-corrected chi connectivity index (χ1v) is 8.19. The Morgan fingerprint density at radius 2 is 1.83 bits per heavy atom. The highest BCUT2D eigenvalue weighted by atomic mass is 16.6. The van der Waals surface area contributed by atoms with Crippen molar-refractivity contribution < 1.29 is 9.53 Å². The minimum absolute atomic E-state index is 0.209. The van der Waals surface area contributed by atoms with Gasteiger partial charge in [-0.3, -0.25) is 9.89 Å². The number of nitrogens with zero attached hydrogens (tertiary/aromatic N) is 3. The molecule has 0 spiro atoms. The van der Waals surface area contributed by atoms with Crippen molar-refractivity contribution >= 4 is 12.3 Å². The van der Waals surface area contributed by atoms with Crippen molar-refractivity contribution in [3.63, 3.8) is 0 Å². The van der Waals surface area contributed by atoms with Crippen molar-refractivity contribution in [1.82, 2.24) is 9.80 Å². The van der Waals surface area contributed by atoms with Gasteiger partial charge in [0.25, 0.3) is 0 Å². The molecule has 0 bridgehead atoms. The maximum Gasteiger partial charge on any atom is 0.410 e. The molecule has 2 rings (SSSR count). The maximum atomic E-state index is 12.0. The number of ether oxygens (including phenoxy) is 1. The molecule has 1 aliphatic rings. The van der Waals surface area contributed by atoms with Gasteiger partial charge in [-0.1, -0.05) is 30.3 Å². The highest BCUT2D eigenvalue weighted by Gasteiger charge is 2.25. The van der Waals surface area contributed by atoms with Crippen molar-refractivity contribution in [3.8, 4) is 0 Å². The highest BCUT2D eigenvalue weighted by Crippen LogP contribution is 2.11. The number of aliphatic imine (C=N–C) groups is 1. The average molecular weight is 317 g/mol. The van der Waals surface area contributed by atoms with E-state index >= 15 is 0 Å². The van der Waals surface area contributed by atoms with Crippen molar-refractivity contribution in [2.75, 3.05) is 39.3 Å². The second kappa shape index (κ2) is 8.11. The molecule has 1 amide bonds. The van der Waals surface area contributed by atoms with E-state index in [1.807, 2.05) is 57.3 Å². The van der Waals surface area contributed by atoms with Gasteiger partial charge in [0.2, 0.25) is 0 Å². The van der Waals surface area contributed by atoms with Gasteiger partial charge >= 0.3 is 6.09 Å². The summed E-state index contributed by atoms with van der Waals surface area (Å²) in [6.45, 7) is 10.6. The summed E-state index contributed by atoms with van der Waals surface area (Å²) in [5.41, 5.74) is 0.697. The summed E-state index contributed by atoms with van der Waals surface area (Å²) in [5.74, 6) is 0. The van der Waals surface area contributed by atoms with E-state index in [0.29, 0.717) is 0 Å². The molecule has 5 nitrogen and oxygen atoms in total. The molecule has 0 N–H and O–H groups in total. The molecule has 1 aliphatic heterocycles. The van der Waals surface area contributed by atoms with Crippen LogP contribution in [-0.2, 0) is 4.74 Å². The number of carbonyl (C=O) groups is 1. The summed E-state index contributed by atoms with van der Waals surface area (Å²) in [6, 6.07) is 10.1. The van der Waals surface area contributed by atoms with Gasteiger partial charge in [0.1, 0.15) is 5.60 Å². The minimum atomic E-state index is -0.430. The maximum absolute atomic E-state index is 12.0. The SMILES string of the molecule is CC(C)(C)OC(=O)N1CCN(CCN=Cc2ccccc2)CC1. The molecule has 0 atom stereocenters. The topological polar surface area (TPSA) is 45.1 Å². The van der Waals surface area contributed by atoms with Crippen LogP contribution in [0.2, 0.25) is 0 Å². The molecular weight excluding hydrogens is 290 g/mol. The normalized spacial score (nSPS) is 16.7. The van der Waals surface area contributed by atoms with E-state index in [-0.39, 0.29) is 6.09 Å². The summed E-state index contributed by atoms with van der Waals surface area (Å²) >= 11 is 0. The summed E-state index contributed by atoms with van der Waals surface area (Å²) in [7, 11) is 0. The molecule has 1 aromatic rings. The fourth-order valence-corrected chi connectivity index (χ4v) is 2.39. The third kappa shape index (κ3) is 6.40. The molecule has 1 fully saturated rings. The zero-order chi connectivity index (χ0) is 16.7. The van der Waals surface area contributed by atoms with Crippen LogP contribution in [0.1, 0.15) is 26.3 Å². The first-order valence-electron chi connectivity index (χ1n) is 8.19. The Hall–Kier alpha value is -1.88. The van der Waals surface area contributed by atoms with Crippen LogP contribution >= 0.6 is 0 Å². The third-order valence-electron chi connectivity index (χ3n) is 3.61. The first-order chi connectivity index (χ1) is 10.9. The second-order valence-corrected chi connectivity index (χ2v) is 6.75. The Kier molecular flexibility index (Phi) is 6.16. The number of amides is 1. The molecule has 0 aromatic heterocycles. The van der Waals surface area contributed by atoms with E-state index in [1.54, 1.807) is 4.90 Å². The lowest BCUT2D eigenvalue weighted by atomic mass is 10.2. The number of rotatable bonds is 4. The number of hydrogen-bond acceptors (Lipinski definition) is 4. The van der Waals surface area contributed by atoms with Gasteiger partial charge in [-0.25, -0.2) is 4.79 Å². The zero-order valence-electron chi connectivity index (χ0n) is 14.4. The Morgan fingerprint density at radius 3 is 2.43 bits per heavy atom. The molecule has 23 heavy (non-hydrogen) atoms. The Labute approximate surface area is 138 Å². The predicted molar refractivity (Wildman–Crippen MR) is 93.2 cm³/mol. The molecule has 0 aliphatic carbocycles. The molecule has 0 unspecified atom stereocenters. The third-order valence-corrected chi connectivity index (χ3v) is 3.61. The lowest BCUT2D eigenvalue weighted by Crippen LogP contribution is -2.50. The van der Waals surface area contributed by atoms with Crippen molar-refractivity contribution in [2.45, 2.75) is 26.4 Å². The quantitative estimate of drug-likeness (QED) is 0.802. The van der Waals surface area contributed by atoms with Crippen LogP contribution in [0, 0.1) is 0 Å². The van der Waals surface area contributed by atoms with Crippen LogP contribution in [0.4, 0.5) is 4.79 Å². The predicted octanol–water partition coefficient (Wildman–Crippen LogP) is 2.66. The van der Waals surface area contributed by atoms with E-state index in [4.69, 9.17) is 4.74 Å². The van der Waals surface area contributed by atoms with E-state index in [1.165, 1.54) is 0 Å². The van der Waals surface area contributed by atoms with Crippen LogP contribution in [-0.4, -0.2) is 67.0 Å². The Bertz CT molecular complexity index is 515. The van der Waals surface area contributed by atoms with Crippen LogP contribution < -0.4 is 0 Å². The Morgan fingerprint density at radius 1 is 1.17 bits per heavy atom. The molecule has 0 radical (unpaired) electrons. The van der Waals surface area contributed by atoms with Crippen molar-refractivity contribution in [1.29, 1.82) is 0 Å². The van der Waals surface area contributed by atoms with Crippen molar-refractivity contribution in [3.05, 3.63) is 35.9 Å². The van der Waals surface area contributed by atoms with Gasteiger partial charge < -0.3 is 9.64 Å². The number of hydrogen-bond donors (Lipinski definition) is 0. The van der Waals surface area contributed by atoms with Crippen molar-refractivity contribution in [2.24, 2.45) is 4.99 Å². The second-order valence-electron chi connectivity index (χ2n) is 6.75. The van der Waals surface area contributed by atoms with Gasteiger partial charge in [-0.2, -0.15) is 0 Å². The molecule has 1 heterocycles. The number of carbonyl (C=O) groups excluding carboxylic acids is 1. The summed E-state index contributed by atoms with van der Waals surface area (Å²) in [5, 5.41) is 0. The lowest BCUT2D eigenvalue weighted by molar-refractivity contribution is 0.0148. The zero-order valence-corrected chi connectivity index (χ0v) is 14.4. The molecular formula is C18H27N3O2. The highest BCUT2D eigenvalue weighted by molar-refractivity contribution is 5.79. The van der Waals surface area contributed by atoms with E-state index in [0.717, 1.165) is 44.8 Å². The largest absolute Gasteiger partial charge is 0.444 e. The standard InChI is InChI=1S/C18H27N3O2/c1-18(2,3)23-17(22)21-13-11-20(12-14-21)10-9-19-15-16-7-5-4-6-8-16/h4-8,15H,9-14H2,1-3H3. The molecule has 5 heteroatoms. The van der Waals surface area contributed by atoms with Gasteiger partial charge in [0.05, 0.1) is 6.54 Å². The van der Waals surface area contributed by atoms with Gasteiger partial charge in [-0.05, 0) is 26.3 Å². The molecule has 0 saturated carbocycles. The van der Waals surface area contributed by atoms with Gasteiger partial charge in [0, 0.05) is 38.9 Å². The Balaban J connectivity index is 1.67. The van der Waals surface area contributed by atoms with Gasteiger partial charge in [-0.15, -0.1) is 0 Å².